The SMILES string of the molecule is CC1OCCC1N(C)Cc1cccc2c1OCCN2. The fourth-order valence-electron chi connectivity index (χ4n) is 3.04. The van der Waals surface area contributed by atoms with Crippen LogP contribution in [0.15, 0.2) is 18.2 Å². The lowest BCUT2D eigenvalue weighted by Crippen LogP contribution is -2.36. The van der Waals surface area contributed by atoms with Gasteiger partial charge in [-0.1, -0.05) is 12.1 Å². The number of benzene rings is 1. The van der Waals surface area contributed by atoms with Crippen LogP contribution in [0.25, 0.3) is 0 Å². The molecule has 1 aromatic carbocycles. The van der Waals surface area contributed by atoms with Crippen LogP contribution in [0.2, 0.25) is 0 Å². The van der Waals surface area contributed by atoms with Crippen LogP contribution in [-0.2, 0) is 11.3 Å². The lowest BCUT2D eigenvalue weighted by atomic mass is 10.1. The van der Waals surface area contributed by atoms with Crippen molar-refractivity contribution in [3.05, 3.63) is 23.8 Å². The molecule has 2 aliphatic rings. The number of rotatable bonds is 3. The topological polar surface area (TPSA) is 33.7 Å². The summed E-state index contributed by atoms with van der Waals surface area (Å²) < 4.78 is 11.5. The van der Waals surface area contributed by atoms with Crippen molar-refractivity contribution in [2.75, 3.05) is 32.1 Å². The summed E-state index contributed by atoms with van der Waals surface area (Å²) in [5, 5.41) is 3.39. The van der Waals surface area contributed by atoms with Crippen molar-refractivity contribution in [3.63, 3.8) is 0 Å². The normalized spacial score (nSPS) is 25.8. The summed E-state index contributed by atoms with van der Waals surface area (Å²) in [5.41, 5.74) is 2.37. The highest BCUT2D eigenvalue weighted by Gasteiger charge is 2.28. The number of ether oxygens (including phenoxy) is 2. The van der Waals surface area contributed by atoms with Gasteiger partial charge in [-0.05, 0) is 26.5 Å². The zero-order valence-electron chi connectivity index (χ0n) is 11.7. The molecule has 104 valence electrons. The molecule has 4 nitrogen and oxygen atoms in total. The van der Waals surface area contributed by atoms with E-state index in [1.807, 2.05) is 0 Å². The molecule has 0 saturated carbocycles. The number of para-hydroxylation sites is 1. The molecule has 1 aromatic rings. The van der Waals surface area contributed by atoms with E-state index in [1.54, 1.807) is 0 Å². The molecule has 3 rings (SSSR count). The molecule has 0 bridgehead atoms. The minimum atomic E-state index is 0.323. The van der Waals surface area contributed by atoms with Gasteiger partial charge in [-0.3, -0.25) is 4.90 Å². The van der Waals surface area contributed by atoms with Crippen LogP contribution >= 0.6 is 0 Å². The van der Waals surface area contributed by atoms with Crippen molar-refractivity contribution in [2.24, 2.45) is 0 Å². The van der Waals surface area contributed by atoms with E-state index in [9.17, 15) is 0 Å². The van der Waals surface area contributed by atoms with Crippen molar-refractivity contribution >= 4 is 5.69 Å². The Balaban J connectivity index is 1.76. The summed E-state index contributed by atoms with van der Waals surface area (Å²) in [6.45, 7) is 5.58. The predicted molar refractivity (Wildman–Crippen MR) is 75.7 cm³/mol. The first kappa shape index (κ1) is 12.8. The van der Waals surface area contributed by atoms with Crippen molar-refractivity contribution in [2.45, 2.75) is 32.0 Å². The van der Waals surface area contributed by atoms with Crippen LogP contribution < -0.4 is 10.1 Å². The number of nitrogens with one attached hydrogen (secondary N) is 1. The van der Waals surface area contributed by atoms with Gasteiger partial charge in [-0.25, -0.2) is 0 Å². The maximum atomic E-state index is 5.82. The Morgan fingerprint density at radius 1 is 1.37 bits per heavy atom. The fourth-order valence-corrected chi connectivity index (χ4v) is 3.04. The summed E-state index contributed by atoms with van der Waals surface area (Å²) in [4.78, 5) is 2.38. The number of hydrogen-bond acceptors (Lipinski definition) is 4. The van der Waals surface area contributed by atoms with Crippen molar-refractivity contribution in [1.29, 1.82) is 0 Å². The molecular formula is C15H22N2O2. The Hall–Kier alpha value is -1.26. The summed E-state index contributed by atoms with van der Waals surface area (Å²) in [6.07, 6.45) is 1.44. The van der Waals surface area contributed by atoms with Gasteiger partial charge in [-0.2, -0.15) is 0 Å². The predicted octanol–water partition coefficient (Wildman–Crippen LogP) is 2.10. The lowest BCUT2D eigenvalue weighted by molar-refractivity contribution is 0.0811. The zero-order chi connectivity index (χ0) is 13.2. The Morgan fingerprint density at radius 2 is 2.26 bits per heavy atom. The maximum Gasteiger partial charge on any atom is 0.146 e. The van der Waals surface area contributed by atoms with E-state index in [2.05, 4.69) is 42.4 Å². The first-order chi connectivity index (χ1) is 9.25. The second-order valence-corrected chi connectivity index (χ2v) is 5.42. The second kappa shape index (κ2) is 5.39. The highest BCUT2D eigenvalue weighted by atomic mass is 16.5. The largest absolute Gasteiger partial charge is 0.489 e. The van der Waals surface area contributed by atoms with E-state index in [4.69, 9.17) is 9.47 Å². The van der Waals surface area contributed by atoms with E-state index >= 15 is 0 Å². The van der Waals surface area contributed by atoms with Gasteiger partial charge in [-0.15, -0.1) is 0 Å². The summed E-state index contributed by atoms with van der Waals surface area (Å²) in [6, 6.07) is 6.84. The molecule has 19 heavy (non-hydrogen) atoms. The van der Waals surface area contributed by atoms with Crippen LogP contribution in [-0.4, -0.2) is 43.9 Å². The van der Waals surface area contributed by atoms with Gasteiger partial charge >= 0.3 is 0 Å². The lowest BCUT2D eigenvalue weighted by Gasteiger charge is -2.29. The maximum absolute atomic E-state index is 5.82. The first-order valence-electron chi connectivity index (χ1n) is 7.06. The van der Waals surface area contributed by atoms with Crippen LogP contribution in [0.5, 0.6) is 5.75 Å². The van der Waals surface area contributed by atoms with Gasteiger partial charge < -0.3 is 14.8 Å². The third-order valence-corrected chi connectivity index (χ3v) is 4.08. The molecule has 1 N–H and O–H groups in total. The molecule has 0 radical (unpaired) electrons. The zero-order valence-corrected chi connectivity index (χ0v) is 11.7. The molecule has 2 unspecified atom stereocenters. The molecule has 0 aliphatic carbocycles. The van der Waals surface area contributed by atoms with Crippen LogP contribution in [0.4, 0.5) is 5.69 Å². The fraction of sp³-hybridized carbons (Fsp3) is 0.600. The number of hydrogen-bond donors (Lipinski definition) is 1. The minimum absolute atomic E-state index is 0.323. The standard InChI is InChI=1S/C15H22N2O2/c1-11-14(6-8-18-11)17(2)10-12-4-3-5-13-15(12)19-9-7-16-13/h3-5,11,14,16H,6-10H2,1-2H3. The molecular weight excluding hydrogens is 240 g/mol. The highest BCUT2D eigenvalue weighted by molar-refractivity contribution is 5.61. The van der Waals surface area contributed by atoms with Gasteiger partial charge in [0, 0.05) is 31.3 Å². The van der Waals surface area contributed by atoms with Crippen molar-refractivity contribution in [1.82, 2.24) is 4.90 Å². The van der Waals surface area contributed by atoms with E-state index in [-0.39, 0.29) is 0 Å². The third kappa shape index (κ3) is 2.55. The third-order valence-electron chi connectivity index (χ3n) is 4.08. The Labute approximate surface area is 114 Å². The summed E-state index contributed by atoms with van der Waals surface area (Å²) in [7, 11) is 2.17. The Kier molecular flexibility index (Phi) is 3.62. The molecule has 1 saturated heterocycles. The van der Waals surface area contributed by atoms with Crippen LogP contribution in [0.3, 0.4) is 0 Å². The average molecular weight is 262 g/mol. The number of likely N-dealkylation sites (N-methyl/N-ethyl adjacent to an activating group) is 1. The van der Waals surface area contributed by atoms with E-state index in [0.29, 0.717) is 12.1 Å². The molecule has 0 amide bonds. The Morgan fingerprint density at radius 3 is 3.05 bits per heavy atom. The molecule has 2 atom stereocenters. The molecule has 4 heteroatoms. The average Bonchev–Trinajstić information content (AvgIpc) is 2.85. The van der Waals surface area contributed by atoms with Gasteiger partial charge in [0.2, 0.25) is 0 Å². The van der Waals surface area contributed by atoms with Crippen molar-refractivity contribution in [3.8, 4) is 5.75 Å². The molecule has 0 spiro atoms. The van der Waals surface area contributed by atoms with E-state index in [0.717, 1.165) is 44.2 Å². The van der Waals surface area contributed by atoms with Gasteiger partial charge in [0.05, 0.1) is 11.8 Å². The second-order valence-electron chi connectivity index (χ2n) is 5.42. The molecule has 1 fully saturated rings. The smallest absolute Gasteiger partial charge is 0.146 e. The first-order valence-corrected chi connectivity index (χ1v) is 7.06. The number of nitrogens with zero attached hydrogens (tertiary/aromatic N) is 1. The summed E-state index contributed by atoms with van der Waals surface area (Å²) >= 11 is 0. The van der Waals surface area contributed by atoms with Crippen LogP contribution in [0.1, 0.15) is 18.9 Å². The van der Waals surface area contributed by atoms with Gasteiger partial charge in [0.1, 0.15) is 12.4 Å². The summed E-state index contributed by atoms with van der Waals surface area (Å²) in [5.74, 6) is 1.02. The van der Waals surface area contributed by atoms with E-state index in [1.165, 1.54) is 5.56 Å². The number of fused-ring (bicyclic) bond motifs is 1. The van der Waals surface area contributed by atoms with Crippen molar-refractivity contribution < 1.29 is 9.47 Å². The molecule has 0 aromatic heterocycles. The van der Waals surface area contributed by atoms with E-state index < -0.39 is 0 Å². The van der Waals surface area contributed by atoms with Gasteiger partial charge in [0.15, 0.2) is 0 Å². The minimum Gasteiger partial charge on any atom is -0.489 e. The Bertz CT molecular complexity index is 450. The molecule has 2 aliphatic heterocycles. The molecule has 2 heterocycles. The quantitative estimate of drug-likeness (QED) is 0.904. The highest BCUT2D eigenvalue weighted by Crippen LogP contribution is 2.32. The number of anilines is 1. The van der Waals surface area contributed by atoms with Crippen LogP contribution in [0, 0.1) is 0 Å². The van der Waals surface area contributed by atoms with Gasteiger partial charge in [0.25, 0.3) is 0 Å². The monoisotopic (exact) mass is 262 g/mol.